The largest absolute Gasteiger partial charge is 0.335 e. The van der Waals surface area contributed by atoms with Crippen LogP contribution in [0, 0.1) is 0 Å². The second-order valence-electron chi connectivity index (χ2n) is 7.43. The van der Waals surface area contributed by atoms with Gasteiger partial charge < -0.3 is 15.1 Å². The number of amides is 2. The number of carbonyl (C=O) groups is 1. The van der Waals surface area contributed by atoms with Crippen LogP contribution in [0.2, 0.25) is 0 Å². The van der Waals surface area contributed by atoms with Crippen molar-refractivity contribution in [2.45, 2.75) is 51.1 Å². The van der Waals surface area contributed by atoms with Gasteiger partial charge in [0.1, 0.15) is 0 Å². The van der Waals surface area contributed by atoms with Crippen LogP contribution in [0.5, 0.6) is 0 Å². The van der Waals surface area contributed by atoms with E-state index in [0.29, 0.717) is 12.0 Å². The van der Waals surface area contributed by atoms with E-state index in [4.69, 9.17) is 0 Å². The van der Waals surface area contributed by atoms with E-state index in [1.165, 1.54) is 11.1 Å². The Kier molecular flexibility index (Phi) is 5.79. The van der Waals surface area contributed by atoms with Gasteiger partial charge in [-0.05, 0) is 64.4 Å². The summed E-state index contributed by atoms with van der Waals surface area (Å²) in [6.07, 6.45) is 7.54. The fourth-order valence-corrected chi connectivity index (χ4v) is 4.19. The molecule has 3 rings (SSSR count). The maximum Gasteiger partial charge on any atom is 0.317 e. The Hall–Kier alpha value is -1.81. The average Bonchev–Trinajstić information content (AvgIpc) is 2.63. The molecular weight excluding hydrogens is 310 g/mol. The fraction of sp³-hybridized carbons (Fsp3) is 0.571. The minimum Gasteiger partial charge on any atom is -0.335 e. The van der Waals surface area contributed by atoms with Crippen LogP contribution >= 0.6 is 0 Å². The topological polar surface area (TPSA) is 35.6 Å². The van der Waals surface area contributed by atoms with Crippen LogP contribution in [0.4, 0.5) is 4.79 Å². The monoisotopic (exact) mass is 341 g/mol. The second-order valence-corrected chi connectivity index (χ2v) is 7.43. The summed E-state index contributed by atoms with van der Waals surface area (Å²) < 4.78 is 0. The normalized spacial score (nSPS) is 22.3. The number of rotatable bonds is 4. The molecule has 4 nitrogen and oxygen atoms in total. The van der Waals surface area contributed by atoms with E-state index in [-0.39, 0.29) is 12.1 Å². The molecule has 1 aromatic rings. The molecule has 0 bridgehead atoms. The molecule has 2 amide bonds. The van der Waals surface area contributed by atoms with Crippen molar-refractivity contribution >= 4 is 12.1 Å². The molecule has 0 radical (unpaired) electrons. The third-order valence-electron chi connectivity index (χ3n) is 5.77. The molecule has 1 aromatic carbocycles. The van der Waals surface area contributed by atoms with Crippen LogP contribution in [0.15, 0.2) is 30.3 Å². The van der Waals surface area contributed by atoms with Crippen molar-refractivity contribution in [1.82, 2.24) is 15.1 Å². The van der Waals surface area contributed by atoms with Crippen LogP contribution in [0.3, 0.4) is 0 Å². The molecule has 1 fully saturated rings. The van der Waals surface area contributed by atoms with Gasteiger partial charge in [-0.25, -0.2) is 4.79 Å². The minimum atomic E-state index is 0.0941. The third kappa shape index (κ3) is 4.06. The molecule has 2 atom stereocenters. The van der Waals surface area contributed by atoms with Gasteiger partial charge in [0.05, 0.1) is 0 Å². The summed E-state index contributed by atoms with van der Waals surface area (Å²) >= 11 is 0. The lowest BCUT2D eigenvalue weighted by molar-refractivity contribution is 0.132. The summed E-state index contributed by atoms with van der Waals surface area (Å²) in [5.41, 5.74) is 2.63. The molecule has 1 aliphatic heterocycles. The average molecular weight is 341 g/mol. The highest BCUT2D eigenvalue weighted by atomic mass is 16.2. The lowest BCUT2D eigenvalue weighted by Crippen LogP contribution is -2.52. The predicted molar refractivity (Wildman–Crippen MR) is 104 cm³/mol. The van der Waals surface area contributed by atoms with Gasteiger partial charge in [-0.3, -0.25) is 0 Å². The van der Waals surface area contributed by atoms with Crippen LogP contribution in [0.1, 0.15) is 50.2 Å². The van der Waals surface area contributed by atoms with E-state index in [0.717, 1.165) is 38.9 Å². The molecule has 0 saturated carbocycles. The Bertz CT molecular complexity index is 619. The molecule has 2 aliphatic rings. The molecular formula is C21H31N3O. The van der Waals surface area contributed by atoms with Crippen molar-refractivity contribution in [3.8, 4) is 0 Å². The van der Waals surface area contributed by atoms with Crippen molar-refractivity contribution in [2.24, 2.45) is 0 Å². The first kappa shape index (κ1) is 18.0. The maximum atomic E-state index is 12.9. The van der Waals surface area contributed by atoms with Gasteiger partial charge >= 0.3 is 6.03 Å². The summed E-state index contributed by atoms with van der Waals surface area (Å²) in [6, 6.07) is 9.11. The van der Waals surface area contributed by atoms with Crippen LogP contribution in [-0.4, -0.2) is 54.6 Å². The number of nitrogens with one attached hydrogen (secondary N) is 1. The fourth-order valence-electron chi connectivity index (χ4n) is 4.19. The molecule has 1 N–H and O–H groups in total. The zero-order valence-corrected chi connectivity index (χ0v) is 15.7. The Morgan fingerprint density at radius 3 is 2.76 bits per heavy atom. The van der Waals surface area contributed by atoms with Gasteiger partial charge in [-0.2, -0.15) is 0 Å². The van der Waals surface area contributed by atoms with E-state index in [1.807, 2.05) is 4.90 Å². The molecule has 4 heteroatoms. The highest BCUT2D eigenvalue weighted by Crippen LogP contribution is 2.32. The van der Waals surface area contributed by atoms with Gasteiger partial charge in [0.15, 0.2) is 0 Å². The molecule has 1 saturated heterocycles. The van der Waals surface area contributed by atoms with Crippen molar-refractivity contribution in [3.05, 3.63) is 41.5 Å². The summed E-state index contributed by atoms with van der Waals surface area (Å²) in [6.45, 7) is 7.14. The number of nitrogens with zero attached hydrogens (tertiary/aromatic N) is 2. The lowest BCUT2D eigenvalue weighted by atomic mass is 9.83. The SMILES string of the molecule is CCN(C(=O)NC(C)C1CC=Cc2ccccc21)C1CCN(C)CC1. The van der Waals surface area contributed by atoms with E-state index in [9.17, 15) is 4.79 Å². The van der Waals surface area contributed by atoms with E-state index in [1.54, 1.807) is 0 Å². The standard InChI is InChI=1S/C21H31N3O/c1-4-24(18-12-14-23(3)15-13-18)21(25)22-16(2)19-11-7-9-17-8-5-6-10-20(17)19/h5-10,16,18-19H,4,11-15H2,1-3H3,(H,22,25). The van der Waals surface area contributed by atoms with Crippen LogP contribution < -0.4 is 5.32 Å². The first-order valence-corrected chi connectivity index (χ1v) is 9.61. The van der Waals surface area contributed by atoms with Crippen LogP contribution in [-0.2, 0) is 0 Å². The summed E-state index contributed by atoms with van der Waals surface area (Å²) in [5.74, 6) is 0.348. The van der Waals surface area contributed by atoms with Gasteiger partial charge in [0.25, 0.3) is 0 Å². The molecule has 1 aliphatic carbocycles. The predicted octanol–water partition coefficient (Wildman–Crippen LogP) is 3.70. The number of carbonyl (C=O) groups excluding carboxylic acids is 1. The molecule has 25 heavy (non-hydrogen) atoms. The van der Waals surface area contributed by atoms with Crippen molar-refractivity contribution in [2.75, 3.05) is 26.7 Å². The number of hydrogen-bond donors (Lipinski definition) is 1. The summed E-state index contributed by atoms with van der Waals surface area (Å²) in [7, 11) is 2.16. The first-order valence-electron chi connectivity index (χ1n) is 9.61. The van der Waals surface area contributed by atoms with E-state index >= 15 is 0 Å². The minimum absolute atomic E-state index is 0.0941. The Morgan fingerprint density at radius 2 is 2.04 bits per heavy atom. The maximum absolute atomic E-state index is 12.9. The van der Waals surface area contributed by atoms with Crippen LogP contribution in [0.25, 0.3) is 6.08 Å². The number of urea groups is 1. The zero-order valence-electron chi connectivity index (χ0n) is 15.7. The highest BCUT2D eigenvalue weighted by molar-refractivity contribution is 5.75. The highest BCUT2D eigenvalue weighted by Gasteiger charge is 2.29. The quantitative estimate of drug-likeness (QED) is 0.906. The zero-order chi connectivity index (χ0) is 17.8. The Labute approximate surface area is 151 Å². The lowest BCUT2D eigenvalue weighted by Gasteiger charge is -2.38. The van der Waals surface area contributed by atoms with Crippen molar-refractivity contribution in [3.63, 3.8) is 0 Å². The number of hydrogen-bond acceptors (Lipinski definition) is 2. The smallest absolute Gasteiger partial charge is 0.317 e. The Balaban J connectivity index is 1.64. The van der Waals surface area contributed by atoms with Gasteiger partial charge in [-0.1, -0.05) is 36.4 Å². The third-order valence-corrected chi connectivity index (χ3v) is 5.77. The number of piperidine rings is 1. The molecule has 2 unspecified atom stereocenters. The molecule has 0 spiro atoms. The summed E-state index contributed by atoms with van der Waals surface area (Å²) in [5, 5.41) is 3.29. The number of benzene rings is 1. The van der Waals surface area contributed by atoms with Gasteiger partial charge in [0.2, 0.25) is 0 Å². The first-order chi connectivity index (χ1) is 12.1. The second kappa shape index (κ2) is 8.05. The van der Waals surface area contributed by atoms with E-state index in [2.05, 4.69) is 67.5 Å². The number of allylic oxidation sites excluding steroid dienone is 1. The van der Waals surface area contributed by atoms with E-state index < -0.39 is 0 Å². The van der Waals surface area contributed by atoms with Gasteiger partial charge in [0, 0.05) is 24.5 Å². The van der Waals surface area contributed by atoms with Crippen molar-refractivity contribution in [1.29, 1.82) is 0 Å². The molecule has 136 valence electrons. The summed E-state index contributed by atoms with van der Waals surface area (Å²) in [4.78, 5) is 17.3. The Morgan fingerprint density at radius 1 is 1.32 bits per heavy atom. The molecule has 1 heterocycles. The number of likely N-dealkylation sites (tertiary alicyclic amines) is 1. The number of fused-ring (bicyclic) bond motifs is 1. The van der Waals surface area contributed by atoms with Gasteiger partial charge in [-0.15, -0.1) is 0 Å². The van der Waals surface area contributed by atoms with Crippen molar-refractivity contribution < 1.29 is 4.79 Å². The molecule has 0 aromatic heterocycles.